The molecule has 1 atom stereocenters. The number of nitrogens with zero attached hydrogens (tertiary/aromatic N) is 1. The quantitative estimate of drug-likeness (QED) is 0.169. The fourth-order valence-electron chi connectivity index (χ4n) is 3.95. The summed E-state index contributed by atoms with van der Waals surface area (Å²) in [7, 11) is 4.39. The molecular weight excluding hydrogens is 326 g/mol. The highest BCUT2D eigenvalue weighted by molar-refractivity contribution is 4.59. The zero-order valence-electron chi connectivity index (χ0n) is 19.9. The highest BCUT2D eigenvalue weighted by Crippen LogP contribution is 2.15. The Balaban J connectivity index is 3.03. The third-order valence-corrected chi connectivity index (χ3v) is 6.36. The summed E-state index contributed by atoms with van der Waals surface area (Å²) in [6, 6.07) is 0.751. The van der Waals surface area contributed by atoms with Gasteiger partial charge in [0, 0.05) is 6.04 Å². The molecule has 0 saturated heterocycles. The van der Waals surface area contributed by atoms with Crippen molar-refractivity contribution >= 4 is 0 Å². The fraction of sp³-hybridized carbons (Fsp3) is 1.00. The molecule has 0 aromatic carbocycles. The molecule has 0 rings (SSSR count). The lowest BCUT2D eigenvalue weighted by atomic mass is 10.0. The third-order valence-electron chi connectivity index (χ3n) is 6.36. The summed E-state index contributed by atoms with van der Waals surface area (Å²) in [4.78, 5) is 2.34. The van der Waals surface area contributed by atoms with Gasteiger partial charge in [-0.2, -0.15) is 0 Å². The minimum Gasteiger partial charge on any atom is -0.307 e. The van der Waals surface area contributed by atoms with Crippen molar-refractivity contribution in [2.75, 3.05) is 14.1 Å². The molecular formula is C26H55N. The predicted molar refractivity (Wildman–Crippen MR) is 126 cm³/mol. The van der Waals surface area contributed by atoms with Gasteiger partial charge in [0.15, 0.2) is 0 Å². The minimum absolute atomic E-state index is 0.751. The Labute approximate surface area is 174 Å². The molecule has 0 N–H and O–H groups in total. The molecule has 0 fully saturated rings. The maximum Gasteiger partial charge on any atom is 0.00608 e. The van der Waals surface area contributed by atoms with Crippen LogP contribution < -0.4 is 0 Å². The lowest BCUT2D eigenvalue weighted by Gasteiger charge is -2.19. The molecule has 0 amide bonds. The second-order valence-electron chi connectivity index (χ2n) is 9.32. The van der Waals surface area contributed by atoms with Gasteiger partial charge in [-0.25, -0.2) is 0 Å². The Morgan fingerprint density at radius 2 is 0.704 bits per heavy atom. The molecule has 0 aromatic heterocycles. The van der Waals surface area contributed by atoms with E-state index in [1.165, 1.54) is 135 Å². The monoisotopic (exact) mass is 381 g/mol. The topological polar surface area (TPSA) is 3.24 Å². The van der Waals surface area contributed by atoms with Crippen LogP contribution in [0, 0.1) is 0 Å². The van der Waals surface area contributed by atoms with Crippen LogP contribution in [0.25, 0.3) is 0 Å². The van der Waals surface area contributed by atoms with E-state index in [2.05, 4.69) is 32.8 Å². The van der Waals surface area contributed by atoms with Gasteiger partial charge in [0.25, 0.3) is 0 Å². The molecule has 27 heavy (non-hydrogen) atoms. The first-order chi connectivity index (χ1) is 13.2. The van der Waals surface area contributed by atoms with Crippen molar-refractivity contribution in [2.45, 2.75) is 155 Å². The van der Waals surface area contributed by atoms with E-state index in [-0.39, 0.29) is 0 Å². The van der Waals surface area contributed by atoms with Crippen LogP contribution in [0.1, 0.15) is 149 Å². The molecule has 0 radical (unpaired) electrons. The van der Waals surface area contributed by atoms with Crippen molar-refractivity contribution in [3.05, 3.63) is 0 Å². The summed E-state index contributed by atoms with van der Waals surface area (Å²) in [5.74, 6) is 0. The van der Waals surface area contributed by atoms with Crippen LogP contribution in [0.15, 0.2) is 0 Å². The summed E-state index contributed by atoms with van der Waals surface area (Å²) < 4.78 is 0. The zero-order chi connectivity index (χ0) is 20.0. The second kappa shape index (κ2) is 22.3. The van der Waals surface area contributed by atoms with Crippen LogP contribution in [-0.2, 0) is 0 Å². The normalized spacial score (nSPS) is 12.8. The number of hydrogen-bond acceptors (Lipinski definition) is 1. The summed E-state index contributed by atoms with van der Waals surface area (Å²) in [6.45, 7) is 4.64. The van der Waals surface area contributed by atoms with Crippen molar-refractivity contribution in [2.24, 2.45) is 0 Å². The predicted octanol–water partition coefficient (Wildman–Crippen LogP) is 9.15. The van der Waals surface area contributed by atoms with E-state index < -0.39 is 0 Å². The van der Waals surface area contributed by atoms with E-state index in [4.69, 9.17) is 0 Å². The van der Waals surface area contributed by atoms with E-state index in [0.717, 1.165) is 6.04 Å². The van der Waals surface area contributed by atoms with Gasteiger partial charge in [-0.05, 0) is 27.4 Å². The first-order valence-electron chi connectivity index (χ1n) is 12.8. The zero-order valence-corrected chi connectivity index (χ0v) is 19.9. The Morgan fingerprint density at radius 3 is 0.963 bits per heavy atom. The van der Waals surface area contributed by atoms with Crippen LogP contribution in [0.5, 0.6) is 0 Å². The summed E-state index contributed by atoms with van der Waals surface area (Å²) >= 11 is 0. The first-order valence-corrected chi connectivity index (χ1v) is 12.8. The Bertz CT molecular complexity index is 261. The Morgan fingerprint density at radius 1 is 0.444 bits per heavy atom. The lowest BCUT2D eigenvalue weighted by molar-refractivity contribution is 0.291. The Kier molecular flexibility index (Phi) is 22.2. The highest BCUT2D eigenvalue weighted by atomic mass is 15.1. The highest BCUT2D eigenvalue weighted by Gasteiger charge is 2.03. The molecule has 0 aromatic rings. The molecule has 1 unspecified atom stereocenters. The van der Waals surface area contributed by atoms with Gasteiger partial charge in [0.2, 0.25) is 0 Å². The van der Waals surface area contributed by atoms with E-state index in [1.54, 1.807) is 0 Å². The molecule has 164 valence electrons. The molecule has 0 bridgehead atoms. The minimum atomic E-state index is 0.751. The van der Waals surface area contributed by atoms with Crippen LogP contribution in [-0.4, -0.2) is 25.0 Å². The fourth-order valence-corrected chi connectivity index (χ4v) is 3.95. The standard InChI is InChI=1S/C26H55N/c1-5-6-7-8-9-10-11-12-13-14-15-16-17-18-19-20-21-22-23-24-25-26(2)27(3)4/h26H,5-25H2,1-4H3. The third kappa shape index (κ3) is 22.1. The van der Waals surface area contributed by atoms with Gasteiger partial charge in [-0.15, -0.1) is 0 Å². The van der Waals surface area contributed by atoms with Crippen molar-refractivity contribution in [1.29, 1.82) is 0 Å². The van der Waals surface area contributed by atoms with E-state index in [0.29, 0.717) is 0 Å². The first kappa shape index (κ1) is 27.0. The maximum atomic E-state index is 2.34. The molecule has 0 spiro atoms. The molecule has 0 aliphatic carbocycles. The molecule has 1 heteroatoms. The summed E-state index contributed by atoms with van der Waals surface area (Å²) in [5, 5.41) is 0. The average Bonchev–Trinajstić information content (AvgIpc) is 2.66. The Hall–Kier alpha value is -0.0400. The van der Waals surface area contributed by atoms with Crippen molar-refractivity contribution < 1.29 is 0 Å². The van der Waals surface area contributed by atoms with Crippen LogP contribution >= 0.6 is 0 Å². The van der Waals surface area contributed by atoms with E-state index >= 15 is 0 Å². The van der Waals surface area contributed by atoms with Crippen LogP contribution in [0.2, 0.25) is 0 Å². The van der Waals surface area contributed by atoms with Crippen molar-refractivity contribution in [1.82, 2.24) is 4.90 Å². The SMILES string of the molecule is CCCCCCCCCCCCCCCCCCCCCCC(C)N(C)C. The van der Waals surface area contributed by atoms with Gasteiger partial charge in [0.1, 0.15) is 0 Å². The molecule has 1 nitrogen and oxygen atoms in total. The van der Waals surface area contributed by atoms with Gasteiger partial charge < -0.3 is 4.90 Å². The summed E-state index contributed by atoms with van der Waals surface area (Å²) in [6.07, 6.45) is 30.7. The van der Waals surface area contributed by atoms with Gasteiger partial charge in [-0.1, -0.05) is 135 Å². The molecule has 0 aliphatic heterocycles. The molecule has 0 saturated carbocycles. The summed E-state index contributed by atoms with van der Waals surface area (Å²) in [5.41, 5.74) is 0. The van der Waals surface area contributed by atoms with E-state index in [9.17, 15) is 0 Å². The smallest absolute Gasteiger partial charge is 0.00608 e. The second-order valence-corrected chi connectivity index (χ2v) is 9.32. The lowest BCUT2D eigenvalue weighted by Crippen LogP contribution is -2.24. The van der Waals surface area contributed by atoms with Crippen molar-refractivity contribution in [3.63, 3.8) is 0 Å². The van der Waals surface area contributed by atoms with Crippen LogP contribution in [0.4, 0.5) is 0 Å². The largest absolute Gasteiger partial charge is 0.307 e. The maximum absolute atomic E-state index is 2.34. The average molecular weight is 382 g/mol. The van der Waals surface area contributed by atoms with Crippen molar-refractivity contribution in [3.8, 4) is 0 Å². The van der Waals surface area contributed by atoms with Gasteiger partial charge >= 0.3 is 0 Å². The molecule has 0 heterocycles. The van der Waals surface area contributed by atoms with Gasteiger partial charge in [0.05, 0.1) is 0 Å². The number of rotatable bonds is 22. The van der Waals surface area contributed by atoms with E-state index in [1.807, 2.05) is 0 Å². The van der Waals surface area contributed by atoms with Crippen LogP contribution in [0.3, 0.4) is 0 Å². The number of hydrogen-bond donors (Lipinski definition) is 0. The number of unbranched alkanes of at least 4 members (excludes halogenated alkanes) is 19. The molecule has 0 aliphatic rings. The van der Waals surface area contributed by atoms with Gasteiger partial charge in [-0.3, -0.25) is 0 Å².